The number of benzene rings is 3. The lowest BCUT2D eigenvalue weighted by Gasteiger charge is -2.08. The normalized spacial score (nSPS) is 10.8. The Hall–Kier alpha value is -3.97. The number of aliphatic hydroxyl groups excluding tert-OH is 1. The van der Waals surface area contributed by atoms with Crippen LogP contribution in [0, 0.1) is 5.82 Å². The molecule has 1 amide bonds. The lowest BCUT2D eigenvalue weighted by Crippen LogP contribution is -2.23. The van der Waals surface area contributed by atoms with E-state index in [0.29, 0.717) is 29.1 Å². The van der Waals surface area contributed by atoms with Gasteiger partial charge in [-0.2, -0.15) is 5.10 Å². The van der Waals surface area contributed by atoms with Crippen LogP contribution in [0.3, 0.4) is 0 Å². The van der Waals surface area contributed by atoms with Crippen molar-refractivity contribution in [1.29, 1.82) is 0 Å². The van der Waals surface area contributed by atoms with Crippen molar-refractivity contribution in [2.45, 2.75) is 19.7 Å². The van der Waals surface area contributed by atoms with Crippen LogP contribution in [0.15, 0.2) is 79.0 Å². The largest absolute Gasteiger partial charge is 0.497 e. The summed E-state index contributed by atoms with van der Waals surface area (Å²) in [6.45, 7) is 0.283. The number of carbonyl (C=O) groups is 1. The minimum absolute atomic E-state index is 0.142. The number of amides is 1. The summed E-state index contributed by atoms with van der Waals surface area (Å²) >= 11 is 0. The SMILES string of the molecule is COc1cccc(-c2nn(Cc3ccccc3)cc2C(=O)NCc2ccc(CO)c(F)c2)c1. The van der Waals surface area contributed by atoms with E-state index in [4.69, 9.17) is 9.84 Å². The third-order valence-electron chi connectivity index (χ3n) is 5.28. The van der Waals surface area contributed by atoms with Crippen LogP contribution in [0.1, 0.15) is 27.0 Å². The first-order valence-electron chi connectivity index (χ1n) is 10.5. The molecule has 4 aromatic rings. The zero-order valence-electron chi connectivity index (χ0n) is 18.2. The van der Waals surface area contributed by atoms with Crippen LogP contribution in [0.4, 0.5) is 4.39 Å². The van der Waals surface area contributed by atoms with Crippen LogP contribution >= 0.6 is 0 Å². The maximum atomic E-state index is 14.0. The summed E-state index contributed by atoms with van der Waals surface area (Å²) in [5.74, 6) is -0.160. The Morgan fingerprint density at radius 3 is 2.61 bits per heavy atom. The van der Waals surface area contributed by atoms with E-state index in [1.165, 1.54) is 12.1 Å². The Labute approximate surface area is 191 Å². The maximum Gasteiger partial charge on any atom is 0.255 e. The number of nitrogens with zero attached hydrogens (tertiary/aromatic N) is 2. The highest BCUT2D eigenvalue weighted by Crippen LogP contribution is 2.26. The summed E-state index contributed by atoms with van der Waals surface area (Å²) < 4.78 is 21.0. The Morgan fingerprint density at radius 1 is 1.06 bits per heavy atom. The third kappa shape index (κ3) is 5.27. The van der Waals surface area contributed by atoms with Crippen LogP contribution in [0.25, 0.3) is 11.3 Å². The Balaban J connectivity index is 1.61. The number of rotatable bonds is 8. The van der Waals surface area contributed by atoms with Crippen molar-refractivity contribution in [3.8, 4) is 17.0 Å². The molecule has 6 nitrogen and oxygen atoms in total. The van der Waals surface area contributed by atoms with Crippen molar-refractivity contribution in [3.63, 3.8) is 0 Å². The van der Waals surface area contributed by atoms with Gasteiger partial charge in [0.1, 0.15) is 17.3 Å². The second kappa shape index (κ2) is 10.1. The van der Waals surface area contributed by atoms with Gasteiger partial charge in [0.15, 0.2) is 0 Å². The molecule has 0 aliphatic rings. The van der Waals surface area contributed by atoms with Crippen LogP contribution in [-0.2, 0) is 19.7 Å². The maximum absolute atomic E-state index is 14.0. The second-order valence-electron chi connectivity index (χ2n) is 7.57. The molecule has 2 N–H and O–H groups in total. The highest BCUT2D eigenvalue weighted by molar-refractivity contribution is 5.99. The fourth-order valence-corrected chi connectivity index (χ4v) is 3.53. The van der Waals surface area contributed by atoms with E-state index < -0.39 is 5.82 Å². The Bertz CT molecular complexity index is 1250. The lowest BCUT2D eigenvalue weighted by molar-refractivity contribution is 0.0951. The number of ether oxygens (including phenoxy) is 1. The summed E-state index contributed by atoms with van der Waals surface area (Å²) in [6, 6.07) is 21.7. The number of halogens is 1. The van der Waals surface area contributed by atoms with E-state index >= 15 is 0 Å². The van der Waals surface area contributed by atoms with Gasteiger partial charge in [0.25, 0.3) is 5.91 Å². The minimum atomic E-state index is -0.503. The molecular weight excluding hydrogens is 421 g/mol. The van der Waals surface area contributed by atoms with Crippen LogP contribution in [0.2, 0.25) is 0 Å². The Morgan fingerprint density at radius 2 is 1.88 bits per heavy atom. The molecule has 33 heavy (non-hydrogen) atoms. The van der Waals surface area contributed by atoms with E-state index in [-0.39, 0.29) is 24.6 Å². The average molecular weight is 445 g/mol. The third-order valence-corrected chi connectivity index (χ3v) is 5.28. The monoisotopic (exact) mass is 445 g/mol. The van der Waals surface area contributed by atoms with Gasteiger partial charge in [-0.15, -0.1) is 0 Å². The molecule has 0 fully saturated rings. The number of aromatic nitrogens is 2. The van der Waals surface area contributed by atoms with Crippen molar-refractivity contribution in [3.05, 3.63) is 107 Å². The van der Waals surface area contributed by atoms with E-state index in [1.807, 2.05) is 54.6 Å². The van der Waals surface area contributed by atoms with Crippen molar-refractivity contribution < 1.29 is 19.0 Å². The molecule has 168 valence electrons. The summed E-state index contributed by atoms with van der Waals surface area (Å²) in [7, 11) is 1.59. The zero-order chi connectivity index (χ0) is 23.2. The molecule has 0 spiro atoms. The van der Waals surface area contributed by atoms with Gasteiger partial charge >= 0.3 is 0 Å². The quantitative estimate of drug-likeness (QED) is 0.427. The molecule has 0 saturated carbocycles. The number of hydrogen-bond donors (Lipinski definition) is 2. The van der Waals surface area contributed by atoms with Crippen molar-refractivity contribution in [2.75, 3.05) is 7.11 Å². The van der Waals surface area contributed by atoms with Crippen molar-refractivity contribution >= 4 is 5.91 Å². The summed E-state index contributed by atoms with van der Waals surface area (Å²) in [4.78, 5) is 13.1. The number of hydrogen-bond acceptors (Lipinski definition) is 4. The van der Waals surface area contributed by atoms with Gasteiger partial charge in [-0.1, -0.05) is 54.6 Å². The van der Waals surface area contributed by atoms with Crippen LogP contribution in [-0.4, -0.2) is 27.9 Å². The summed E-state index contributed by atoms with van der Waals surface area (Å²) in [5.41, 5.74) is 3.56. The Kier molecular flexibility index (Phi) is 6.80. The van der Waals surface area contributed by atoms with Gasteiger partial charge in [0.2, 0.25) is 0 Å². The second-order valence-corrected chi connectivity index (χ2v) is 7.57. The first-order valence-corrected chi connectivity index (χ1v) is 10.5. The average Bonchev–Trinajstić information content (AvgIpc) is 3.27. The van der Waals surface area contributed by atoms with E-state index in [0.717, 1.165) is 11.1 Å². The molecular formula is C26H24FN3O3. The molecule has 0 bridgehead atoms. The summed E-state index contributed by atoms with van der Waals surface area (Å²) in [5, 5.41) is 16.7. The molecule has 1 heterocycles. The molecule has 0 saturated heterocycles. The molecule has 0 aliphatic heterocycles. The predicted molar refractivity (Wildman–Crippen MR) is 123 cm³/mol. The van der Waals surface area contributed by atoms with Crippen molar-refractivity contribution in [2.24, 2.45) is 0 Å². The number of aliphatic hydroxyl groups is 1. The lowest BCUT2D eigenvalue weighted by atomic mass is 10.1. The molecule has 0 unspecified atom stereocenters. The number of carbonyl (C=O) groups excluding carboxylic acids is 1. The molecule has 3 aromatic carbocycles. The fourth-order valence-electron chi connectivity index (χ4n) is 3.53. The molecule has 4 rings (SSSR count). The van der Waals surface area contributed by atoms with E-state index in [2.05, 4.69) is 10.4 Å². The van der Waals surface area contributed by atoms with Gasteiger partial charge in [-0.25, -0.2) is 4.39 Å². The molecule has 0 radical (unpaired) electrons. The van der Waals surface area contributed by atoms with Crippen LogP contribution in [0.5, 0.6) is 5.75 Å². The topological polar surface area (TPSA) is 76.4 Å². The number of methoxy groups -OCH3 is 1. The molecule has 7 heteroatoms. The fraction of sp³-hybridized carbons (Fsp3) is 0.154. The summed E-state index contributed by atoms with van der Waals surface area (Å²) in [6.07, 6.45) is 1.71. The smallest absolute Gasteiger partial charge is 0.255 e. The first-order chi connectivity index (χ1) is 16.1. The number of nitrogens with one attached hydrogen (secondary N) is 1. The molecule has 0 atom stereocenters. The standard InChI is InChI=1S/C26H24FN3O3/c1-33-22-9-5-8-20(13-22)25-23(16-30(29-25)15-18-6-3-2-4-7-18)26(32)28-14-19-10-11-21(17-31)24(27)12-19/h2-13,16,31H,14-15,17H2,1H3,(H,28,32). The molecule has 0 aliphatic carbocycles. The minimum Gasteiger partial charge on any atom is -0.497 e. The van der Waals surface area contributed by atoms with Gasteiger partial charge in [-0.3, -0.25) is 9.48 Å². The van der Waals surface area contributed by atoms with E-state index in [9.17, 15) is 9.18 Å². The van der Waals surface area contributed by atoms with Crippen molar-refractivity contribution in [1.82, 2.24) is 15.1 Å². The van der Waals surface area contributed by atoms with Crippen LogP contribution < -0.4 is 10.1 Å². The first kappa shape index (κ1) is 22.2. The predicted octanol–water partition coefficient (Wildman–Crippen LogP) is 4.17. The van der Waals surface area contributed by atoms with Gasteiger partial charge in [0.05, 0.1) is 25.8 Å². The van der Waals surface area contributed by atoms with Gasteiger partial charge in [-0.05, 0) is 29.3 Å². The molecule has 1 aromatic heterocycles. The highest BCUT2D eigenvalue weighted by Gasteiger charge is 2.19. The van der Waals surface area contributed by atoms with Gasteiger partial charge in [0, 0.05) is 23.9 Å². The van der Waals surface area contributed by atoms with E-state index in [1.54, 1.807) is 24.1 Å². The zero-order valence-corrected chi connectivity index (χ0v) is 18.2. The highest BCUT2D eigenvalue weighted by atomic mass is 19.1. The van der Waals surface area contributed by atoms with Gasteiger partial charge < -0.3 is 15.2 Å².